The molecule has 3 aromatic carbocycles. The molecule has 0 bridgehead atoms. The molecule has 1 aliphatic rings. The van der Waals surface area contributed by atoms with Crippen LogP contribution in [0.5, 0.6) is 17.2 Å². The normalized spacial score (nSPS) is 14.5. The lowest BCUT2D eigenvalue weighted by Gasteiger charge is -2.26. The van der Waals surface area contributed by atoms with Crippen molar-refractivity contribution in [2.45, 2.75) is 33.8 Å². The Kier molecular flexibility index (Phi) is 8.11. The third-order valence-corrected chi connectivity index (χ3v) is 5.84. The van der Waals surface area contributed by atoms with Crippen molar-refractivity contribution >= 4 is 29.6 Å². The molecule has 1 fully saturated rings. The lowest BCUT2D eigenvalue weighted by Crippen LogP contribution is -2.54. The summed E-state index contributed by atoms with van der Waals surface area (Å²) in [4.78, 5) is 39.3. The van der Waals surface area contributed by atoms with Gasteiger partial charge in [-0.3, -0.25) is 14.9 Å². The Labute approximate surface area is 221 Å². The van der Waals surface area contributed by atoms with Crippen molar-refractivity contribution in [2.24, 2.45) is 0 Å². The Morgan fingerprint density at radius 3 is 2.24 bits per heavy atom. The summed E-state index contributed by atoms with van der Waals surface area (Å²) in [5, 5.41) is 2.24. The van der Waals surface area contributed by atoms with E-state index in [-0.39, 0.29) is 5.57 Å². The van der Waals surface area contributed by atoms with E-state index >= 15 is 0 Å². The number of nitrogens with one attached hydrogen (secondary N) is 1. The molecular formula is C30H30N2O6. The van der Waals surface area contributed by atoms with Crippen molar-refractivity contribution < 1.29 is 28.6 Å². The van der Waals surface area contributed by atoms with Crippen LogP contribution in [-0.4, -0.2) is 31.6 Å². The molecule has 1 N–H and O–H groups in total. The largest absolute Gasteiger partial charge is 0.494 e. The second-order valence-corrected chi connectivity index (χ2v) is 9.00. The van der Waals surface area contributed by atoms with Crippen molar-refractivity contribution in [3.05, 3.63) is 88.5 Å². The van der Waals surface area contributed by atoms with Gasteiger partial charge < -0.3 is 14.2 Å². The summed E-state index contributed by atoms with van der Waals surface area (Å²) >= 11 is 0. The summed E-state index contributed by atoms with van der Waals surface area (Å²) < 4.78 is 17.0. The molecular weight excluding hydrogens is 484 g/mol. The first-order valence-corrected chi connectivity index (χ1v) is 12.3. The standard InChI is InChI=1S/C30H30N2O6/c1-5-12-37-24-9-7-23(8-10-24)32-29(34)25(28(33)31-30(32)35)16-21-6-11-26(27(17-21)36-4)38-18-22-14-19(2)13-20(3)15-22/h6-11,13-17H,5,12,18H2,1-4H3,(H,31,33,35)/b25-16-. The van der Waals surface area contributed by atoms with E-state index in [0.717, 1.165) is 28.0 Å². The number of barbiturate groups is 1. The van der Waals surface area contributed by atoms with Gasteiger partial charge in [-0.05, 0) is 73.9 Å². The van der Waals surface area contributed by atoms with Gasteiger partial charge in [0.15, 0.2) is 11.5 Å². The zero-order chi connectivity index (χ0) is 27.2. The number of imide groups is 2. The fourth-order valence-electron chi connectivity index (χ4n) is 4.18. The van der Waals surface area contributed by atoms with Gasteiger partial charge in [-0.25, -0.2) is 9.69 Å². The van der Waals surface area contributed by atoms with E-state index < -0.39 is 17.8 Å². The highest BCUT2D eigenvalue weighted by molar-refractivity contribution is 6.39. The molecule has 1 saturated heterocycles. The average molecular weight is 515 g/mol. The van der Waals surface area contributed by atoms with E-state index in [1.165, 1.54) is 13.2 Å². The number of carbonyl (C=O) groups excluding carboxylic acids is 3. The number of methoxy groups -OCH3 is 1. The van der Waals surface area contributed by atoms with Crippen LogP contribution < -0.4 is 24.4 Å². The molecule has 0 unspecified atom stereocenters. The van der Waals surface area contributed by atoms with E-state index in [0.29, 0.717) is 41.7 Å². The maximum Gasteiger partial charge on any atom is 0.335 e. The molecule has 8 heteroatoms. The molecule has 0 aliphatic carbocycles. The van der Waals surface area contributed by atoms with Gasteiger partial charge in [0.05, 0.1) is 19.4 Å². The highest BCUT2D eigenvalue weighted by atomic mass is 16.5. The van der Waals surface area contributed by atoms with Crippen LogP contribution in [0.25, 0.3) is 6.08 Å². The molecule has 0 saturated carbocycles. The fourth-order valence-corrected chi connectivity index (χ4v) is 4.18. The summed E-state index contributed by atoms with van der Waals surface area (Å²) in [5.74, 6) is 0.0982. The minimum Gasteiger partial charge on any atom is -0.494 e. The van der Waals surface area contributed by atoms with E-state index in [2.05, 4.69) is 23.5 Å². The summed E-state index contributed by atoms with van der Waals surface area (Å²) in [6.45, 7) is 6.99. The van der Waals surface area contributed by atoms with Gasteiger partial charge in [0.2, 0.25) is 0 Å². The minimum absolute atomic E-state index is 0.179. The molecule has 0 aromatic heterocycles. The number of hydrogen-bond acceptors (Lipinski definition) is 6. The number of nitrogens with zero attached hydrogens (tertiary/aromatic N) is 1. The maximum absolute atomic E-state index is 13.2. The van der Waals surface area contributed by atoms with Gasteiger partial charge in [-0.2, -0.15) is 0 Å². The monoisotopic (exact) mass is 514 g/mol. The average Bonchev–Trinajstić information content (AvgIpc) is 2.89. The van der Waals surface area contributed by atoms with Crippen LogP contribution in [0.15, 0.2) is 66.2 Å². The highest BCUT2D eigenvalue weighted by Crippen LogP contribution is 2.31. The van der Waals surface area contributed by atoms with Crippen molar-refractivity contribution in [3.8, 4) is 17.2 Å². The molecule has 4 amide bonds. The Hall–Kier alpha value is -4.59. The molecule has 38 heavy (non-hydrogen) atoms. The lowest BCUT2D eigenvalue weighted by atomic mass is 10.1. The predicted octanol–water partition coefficient (Wildman–Crippen LogP) is 5.35. The van der Waals surface area contributed by atoms with Crippen molar-refractivity contribution in [1.29, 1.82) is 0 Å². The molecule has 196 valence electrons. The van der Waals surface area contributed by atoms with E-state index in [9.17, 15) is 14.4 Å². The van der Waals surface area contributed by atoms with Crippen LogP contribution in [0.2, 0.25) is 0 Å². The smallest absolute Gasteiger partial charge is 0.335 e. The number of benzene rings is 3. The van der Waals surface area contributed by atoms with Crippen LogP contribution >= 0.6 is 0 Å². The Bertz CT molecular complexity index is 1370. The number of hydrogen-bond donors (Lipinski definition) is 1. The molecule has 4 rings (SSSR count). The van der Waals surface area contributed by atoms with Crippen LogP contribution in [0.1, 0.15) is 35.6 Å². The van der Waals surface area contributed by atoms with E-state index in [1.807, 2.05) is 20.8 Å². The van der Waals surface area contributed by atoms with E-state index in [4.69, 9.17) is 14.2 Å². The predicted molar refractivity (Wildman–Crippen MR) is 144 cm³/mol. The number of rotatable bonds is 9. The zero-order valence-corrected chi connectivity index (χ0v) is 21.9. The lowest BCUT2D eigenvalue weighted by molar-refractivity contribution is -0.122. The first-order valence-electron chi connectivity index (χ1n) is 12.3. The van der Waals surface area contributed by atoms with Gasteiger partial charge in [0.25, 0.3) is 11.8 Å². The van der Waals surface area contributed by atoms with Gasteiger partial charge in [0.1, 0.15) is 17.9 Å². The van der Waals surface area contributed by atoms with Gasteiger partial charge in [-0.15, -0.1) is 0 Å². The quantitative estimate of drug-likeness (QED) is 0.306. The zero-order valence-electron chi connectivity index (χ0n) is 21.9. The van der Waals surface area contributed by atoms with Crippen molar-refractivity contribution in [1.82, 2.24) is 5.32 Å². The molecule has 0 radical (unpaired) electrons. The first kappa shape index (κ1) is 26.5. The molecule has 1 heterocycles. The summed E-state index contributed by atoms with van der Waals surface area (Å²) in [5.41, 5.74) is 4.03. The highest BCUT2D eigenvalue weighted by Gasteiger charge is 2.36. The molecule has 0 atom stereocenters. The summed E-state index contributed by atoms with van der Waals surface area (Å²) in [7, 11) is 1.52. The number of anilines is 1. The topological polar surface area (TPSA) is 94.2 Å². The Morgan fingerprint density at radius 2 is 1.58 bits per heavy atom. The van der Waals surface area contributed by atoms with Gasteiger partial charge >= 0.3 is 6.03 Å². The maximum atomic E-state index is 13.2. The number of urea groups is 1. The minimum atomic E-state index is -0.813. The summed E-state index contributed by atoms with van der Waals surface area (Å²) in [6.07, 6.45) is 2.28. The molecule has 8 nitrogen and oxygen atoms in total. The fraction of sp³-hybridized carbons (Fsp3) is 0.233. The second kappa shape index (κ2) is 11.6. The van der Waals surface area contributed by atoms with Crippen LogP contribution in [-0.2, 0) is 16.2 Å². The Morgan fingerprint density at radius 1 is 0.868 bits per heavy atom. The number of amides is 4. The van der Waals surface area contributed by atoms with Gasteiger partial charge in [0, 0.05) is 0 Å². The third-order valence-electron chi connectivity index (χ3n) is 5.84. The van der Waals surface area contributed by atoms with Crippen molar-refractivity contribution in [3.63, 3.8) is 0 Å². The molecule has 1 aliphatic heterocycles. The van der Waals surface area contributed by atoms with Gasteiger partial charge in [-0.1, -0.05) is 42.3 Å². The first-order chi connectivity index (χ1) is 18.3. The second-order valence-electron chi connectivity index (χ2n) is 9.00. The van der Waals surface area contributed by atoms with Crippen LogP contribution in [0.4, 0.5) is 10.5 Å². The van der Waals surface area contributed by atoms with E-state index in [1.54, 1.807) is 42.5 Å². The van der Waals surface area contributed by atoms with Crippen molar-refractivity contribution in [2.75, 3.05) is 18.6 Å². The number of carbonyl (C=O) groups is 3. The van der Waals surface area contributed by atoms with Crippen LogP contribution in [0, 0.1) is 13.8 Å². The Balaban J connectivity index is 1.55. The summed E-state index contributed by atoms with van der Waals surface area (Å²) in [6, 6.07) is 17.1. The number of aryl methyl sites for hydroxylation is 2. The number of ether oxygens (including phenoxy) is 3. The van der Waals surface area contributed by atoms with Crippen LogP contribution in [0.3, 0.4) is 0 Å². The molecule has 0 spiro atoms. The third kappa shape index (κ3) is 6.03. The SMILES string of the molecule is CCCOc1ccc(N2C(=O)NC(=O)/C(=C/c3ccc(OCc4cc(C)cc(C)c4)c(OC)c3)C2=O)cc1. The molecule has 3 aromatic rings.